The molecule has 384 valence electrons. The van der Waals surface area contributed by atoms with E-state index in [1.807, 2.05) is 48.5 Å². The third-order valence-electron chi connectivity index (χ3n) is 17.7. The van der Waals surface area contributed by atoms with E-state index in [0.29, 0.717) is 11.2 Å². The largest absolute Gasteiger partial charge is 0.451 e. The Kier molecular flexibility index (Phi) is 9.16. The molecule has 1 spiro atoms. The summed E-state index contributed by atoms with van der Waals surface area (Å²) in [5, 5.41) is 9.68. The van der Waals surface area contributed by atoms with E-state index in [0.717, 1.165) is 127 Å². The van der Waals surface area contributed by atoms with Gasteiger partial charge in [0.2, 0.25) is 0 Å². The molecular formula is C75H43F2N3O2. The molecule has 0 bridgehead atoms. The summed E-state index contributed by atoms with van der Waals surface area (Å²) in [6.07, 6.45) is 0. The smallest absolute Gasteiger partial charge is 0.171 e. The van der Waals surface area contributed by atoms with Crippen LogP contribution in [0.3, 0.4) is 0 Å². The van der Waals surface area contributed by atoms with Gasteiger partial charge in [-0.2, -0.15) is 0 Å². The van der Waals surface area contributed by atoms with E-state index in [1.165, 1.54) is 22.9 Å². The monoisotopic (exact) mass is 1060 g/mol. The highest BCUT2D eigenvalue weighted by Gasteiger charge is 2.53. The molecule has 0 unspecified atom stereocenters. The van der Waals surface area contributed by atoms with Gasteiger partial charge in [0.15, 0.2) is 34.0 Å². The van der Waals surface area contributed by atoms with Gasteiger partial charge < -0.3 is 23.2 Å². The number of hydrogen-bond donors (Lipinski definition) is 0. The molecule has 82 heavy (non-hydrogen) atoms. The fraction of sp³-hybridized carbons (Fsp3) is 0.0133. The molecule has 1 aliphatic heterocycles. The predicted molar refractivity (Wildman–Crippen MR) is 330 cm³/mol. The van der Waals surface area contributed by atoms with Crippen LogP contribution in [0.1, 0.15) is 22.3 Å². The minimum absolute atomic E-state index is 0.226. The summed E-state index contributed by atoms with van der Waals surface area (Å²) in [7, 11) is 0. The first-order chi connectivity index (χ1) is 40.6. The highest BCUT2D eigenvalue weighted by molar-refractivity contribution is 6.22. The minimum Gasteiger partial charge on any atom is -0.451 e. The van der Waals surface area contributed by atoms with Crippen molar-refractivity contribution >= 4 is 121 Å². The van der Waals surface area contributed by atoms with Crippen molar-refractivity contribution < 1.29 is 17.6 Å². The third-order valence-corrected chi connectivity index (χ3v) is 17.7. The molecule has 5 nitrogen and oxygen atoms in total. The number of anilines is 6. The van der Waals surface area contributed by atoms with Crippen molar-refractivity contribution in [1.29, 1.82) is 0 Å². The molecule has 0 saturated heterocycles. The molecule has 18 rings (SSSR count). The number of para-hydroxylation sites is 9. The van der Waals surface area contributed by atoms with Gasteiger partial charge in [-0.15, -0.1) is 0 Å². The van der Waals surface area contributed by atoms with Crippen molar-refractivity contribution in [2.75, 3.05) is 9.80 Å². The Bertz CT molecular complexity index is 5150. The van der Waals surface area contributed by atoms with E-state index in [4.69, 9.17) is 8.83 Å². The van der Waals surface area contributed by atoms with Gasteiger partial charge in [0.05, 0.1) is 44.9 Å². The summed E-state index contributed by atoms with van der Waals surface area (Å²) < 4.78 is 47.6. The molecule has 3 aromatic heterocycles. The van der Waals surface area contributed by atoms with Gasteiger partial charge in [0, 0.05) is 54.5 Å². The second kappa shape index (κ2) is 16.6. The van der Waals surface area contributed by atoms with E-state index < -0.39 is 17.0 Å². The predicted octanol–water partition coefficient (Wildman–Crippen LogP) is 20.8. The Hall–Kier alpha value is -10.8. The van der Waals surface area contributed by atoms with Crippen LogP contribution in [-0.4, -0.2) is 4.57 Å². The van der Waals surface area contributed by atoms with Crippen LogP contribution >= 0.6 is 0 Å². The summed E-state index contributed by atoms with van der Waals surface area (Å²) in [5.74, 6) is -0.812. The van der Waals surface area contributed by atoms with Crippen LogP contribution in [0.25, 0.3) is 104 Å². The lowest BCUT2D eigenvalue weighted by atomic mass is 9.65. The van der Waals surface area contributed by atoms with Crippen LogP contribution in [0.5, 0.6) is 0 Å². The molecule has 0 saturated carbocycles. The number of halogens is 2. The zero-order valence-corrected chi connectivity index (χ0v) is 43.7. The molecule has 4 heterocycles. The van der Waals surface area contributed by atoms with Crippen molar-refractivity contribution in [3.63, 3.8) is 0 Å². The zero-order chi connectivity index (χ0) is 53.9. The van der Waals surface area contributed by atoms with E-state index in [2.05, 4.69) is 202 Å². The number of hydrogen-bond acceptors (Lipinski definition) is 4. The van der Waals surface area contributed by atoms with Crippen LogP contribution in [0.15, 0.2) is 270 Å². The highest BCUT2D eigenvalue weighted by atomic mass is 19.1. The van der Waals surface area contributed by atoms with Crippen molar-refractivity contribution in [2.45, 2.75) is 5.41 Å². The molecular weight excluding hydrogens is 1010 g/mol. The molecule has 0 N–H and O–H groups in total. The van der Waals surface area contributed by atoms with Gasteiger partial charge in [-0.3, -0.25) is 0 Å². The first-order valence-electron chi connectivity index (χ1n) is 27.7. The van der Waals surface area contributed by atoms with E-state index in [1.54, 1.807) is 12.1 Å². The van der Waals surface area contributed by atoms with Crippen molar-refractivity contribution in [1.82, 2.24) is 4.57 Å². The topological polar surface area (TPSA) is 37.7 Å². The maximum absolute atomic E-state index is 15.9. The van der Waals surface area contributed by atoms with Crippen LogP contribution < -0.4 is 9.80 Å². The molecule has 0 amide bonds. The maximum atomic E-state index is 15.9. The number of benzene rings is 13. The minimum atomic E-state index is -0.962. The zero-order valence-electron chi connectivity index (χ0n) is 43.7. The second-order valence-electron chi connectivity index (χ2n) is 21.6. The molecule has 2 aliphatic rings. The Morgan fingerprint density at radius 1 is 0.305 bits per heavy atom. The maximum Gasteiger partial charge on any atom is 0.171 e. The Balaban J connectivity index is 1.03. The number of nitrogens with zero attached hydrogens (tertiary/aromatic N) is 3. The first kappa shape index (κ1) is 45.1. The lowest BCUT2D eigenvalue weighted by Gasteiger charge is -2.40. The van der Waals surface area contributed by atoms with Gasteiger partial charge >= 0.3 is 0 Å². The van der Waals surface area contributed by atoms with Crippen molar-refractivity contribution in [3.05, 3.63) is 295 Å². The summed E-state index contributed by atoms with van der Waals surface area (Å²) in [6, 6.07) is 90.6. The van der Waals surface area contributed by atoms with Gasteiger partial charge in [-0.25, -0.2) is 8.78 Å². The summed E-state index contributed by atoms with van der Waals surface area (Å²) >= 11 is 0. The Morgan fingerprint density at radius 2 is 0.707 bits per heavy atom. The van der Waals surface area contributed by atoms with Gasteiger partial charge in [-0.05, 0) is 117 Å². The van der Waals surface area contributed by atoms with Crippen molar-refractivity contribution in [2.24, 2.45) is 0 Å². The lowest BCUT2D eigenvalue weighted by Crippen LogP contribution is -2.34. The van der Waals surface area contributed by atoms with Crippen LogP contribution in [0.4, 0.5) is 42.9 Å². The number of aromatic nitrogens is 1. The van der Waals surface area contributed by atoms with Crippen molar-refractivity contribution in [3.8, 4) is 16.8 Å². The third kappa shape index (κ3) is 5.83. The van der Waals surface area contributed by atoms with Crippen LogP contribution in [-0.2, 0) is 5.41 Å². The van der Waals surface area contributed by atoms with Gasteiger partial charge in [0.1, 0.15) is 0 Å². The molecule has 0 fully saturated rings. The molecule has 1 aliphatic carbocycles. The van der Waals surface area contributed by atoms with E-state index in [-0.39, 0.29) is 11.2 Å². The second-order valence-corrected chi connectivity index (χ2v) is 21.6. The fourth-order valence-electron chi connectivity index (χ4n) is 14.5. The highest BCUT2D eigenvalue weighted by Crippen LogP contribution is 2.66. The summed E-state index contributed by atoms with van der Waals surface area (Å²) in [5.41, 5.74) is 16.2. The molecule has 0 atom stereocenters. The standard InChI is InChI=1S/C75H43F2N3O2/c76-60-36-16-30-52-54-32-18-40-64(73(54)81-71(52)60)78(44-20-3-1-4-21-44)66-42-58-68(49-27-9-7-24-46(49)66)69-50-28-10-8-25-47(50)67(79(45-22-5-2-6-23-45)65-41-19-33-55-53-31-17-37-61(77)72(53)82-74(55)65)43-59(69)75(58)56-34-12-14-39-63(56)80-62-38-13-11-26-48(62)51-29-15-35-57(75)70(51)80/h1-43H. The lowest BCUT2D eigenvalue weighted by molar-refractivity contribution is 0.584. The quantitative estimate of drug-likeness (QED) is 0.166. The molecule has 13 aromatic carbocycles. The average molecular weight is 1060 g/mol. The molecule has 0 radical (unpaired) electrons. The van der Waals surface area contributed by atoms with Crippen LogP contribution in [0, 0.1) is 11.6 Å². The normalized spacial score (nSPS) is 13.1. The van der Waals surface area contributed by atoms with E-state index in [9.17, 15) is 0 Å². The molecule has 7 heteroatoms. The summed E-state index contributed by atoms with van der Waals surface area (Å²) in [4.78, 5) is 4.62. The SMILES string of the molecule is Fc1cccc2c1oc1c(N(c3ccccc3)c3cc4c(c5ccccc35)-c3c(cc(N(c5ccccc5)c5cccc6c5oc5c(F)cccc56)c5ccccc35)C43c4ccccc4-n4c5ccccc5c5cccc3c54)cccc12. The van der Waals surface area contributed by atoms with E-state index >= 15 is 8.78 Å². The number of fused-ring (bicyclic) bond motifs is 22. The fourth-order valence-corrected chi connectivity index (χ4v) is 14.5. The van der Waals surface area contributed by atoms with Crippen LogP contribution in [0.2, 0.25) is 0 Å². The summed E-state index contributed by atoms with van der Waals surface area (Å²) in [6.45, 7) is 0. The first-order valence-corrected chi connectivity index (χ1v) is 27.7. The number of furan rings is 2. The number of rotatable bonds is 6. The van der Waals surface area contributed by atoms with Gasteiger partial charge in [-0.1, -0.05) is 188 Å². The average Bonchev–Trinajstić information content (AvgIpc) is 1.54. The van der Waals surface area contributed by atoms with Gasteiger partial charge in [0.25, 0.3) is 0 Å². The molecule has 16 aromatic rings. The Labute approximate surface area is 467 Å². The Morgan fingerprint density at radius 3 is 1.26 bits per heavy atom.